The molecular weight excluding hydrogens is 468 g/mol. The van der Waals surface area contributed by atoms with E-state index in [1.54, 1.807) is 0 Å². The van der Waals surface area contributed by atoms with Gasteiger partial charge in [-0.3, -0.25) is 9.59 Å². The number of fused-ring (bicyclic) bond motifs is 1. The van der Waals surface area contributed by atoms with Gasteiger partial charge in [-0.1, -0.05) is 34.5 Å². The van der Waals surface area contributed by atoms with E-state index in [0.717, 1.165) is 72.9 Å². The molecule has 0 unspecified atom stereocenters. The lowest BCUT2D eigenvalue weighted by Gasteiger charge is -2.17. The highest BCUT2D eigenvalue weighted by Crippen LogP contribution is 2.19. The van der Waals surface area contributed by atoms with E-state index in [4.69, 9.17) is 4.98 Å². The van der Waals surface area contributed by atoms with Gasteiger partial charge in [0.05, 0.1) is 11.0 Å². The van der Waals surface area contributed by atoms with E-state index in [0.29, 0.717) is 18.7 Å². The van der Waals surface area contributed by atoms with Gasteiger partial charge in [-0.05, 0) is 62.1 Å². The molecule has 6 nitrogen and oxygen atoms in total. The normalized spacial score (nSPS) is 13.6. The SMILES string of the molecule is O=C(NCCCCCc1nc2ccccc2n1CC(=O)N1CCCC1)c1ccc(Br)cc1. The van der Waals surface area contributed by atoms with Crippen LogP contribution in [0.3, 0.4) is 0 Å². The fraction of sp³-hybridized carbons (Fsp3) is 0.400. The first-order valence-electron chi connectivity index (χ1n) is 11.4. The molecule has 0 radical (unpaired) electrons. The van der Waals surface area contributed by atoms with Gasteiger partial charge in [0.2, 0.25) is 5.91 Å². The van der Waals surface area contributed by atoms with Crippen LogP contribution in [0.15, 0.2) is 53.0 Å². The Labute approximate surface area is 197 Å². The molecule has 1 fully saturated rings. The molecule has 0 atom stereocenters. The van der Waals surface area contributed by atoms with Crippen LogP contribution in [0.1, 0.15) is 48.3 Å². The first-order valence-corrected chi connectivity index (χ1v) is 12.2. The number of hydrogen-bond acceptors (Lipinski definition) is 3. The summed E-state index contributed by atoms with van der Waals surface area (Å²) in [5.74, 6) is 1.11. The van der Waals surface area contributed by atoms with Crippen molar-refractivity contribution in [3.05, 3.63) is 64.4 Å². The fourth-order valence-electron chi connectivity index (χ4n) is 4.18. The number of likely N-dealkylation sites (tertiary alicyclic amines) is 1. The lowest BCUT2D eigenvalue weighted by Crippen LogP contribution is -2.31. The van der Waals surface area contributed by atoms with Crippen molar-refractivity contribution in [2.24, 2.45) is 0 Å². The van der Waals surface area contributed by atoms with E-state index >= 15 is 0 Å². The molecule has 2 aromatic carbocycles. The summed E-state index contributed by atoms with van der Waals surface area (Å²) in [5, 5.41) is 2.98. The zero-order valence-electron chi connectivity index (χ0n) is 18.2. The molecule has 2 amide bonds. The highest BCUT2D eigenvalue weighted by Gasteiger charge is 2.20. The number of imidazole rings is 1. The van der Waals surface area contributed by atoms with Crippen LogP contribution in [0.4, 0.5) is 0 Å². The van der Waals surface area contributed by atoms with Crippen LogP contribution in [0, 0.1) is 0 Å². The number of hydrogen-bond donors (Lipinski definition) is 1. The molecule has 7 heteroatoms. The van der Waals surface area contributed by atoms with E-state index in [1.807, 2.05) is 53.4 Å². The number of amides is 2. The zero-order valence-corrected chi connectivity index (χ0v) is 19.8. The quantitative estimate of drug-likeness (QED) is 0.441. The van der Waals surface area contributed by atoms with E-state index in [1.165, 1.54) is 0 Å². The number of carbonyl (C=O) groups is 2. The Morgan fingerprint density at radius 2 is 1.72 bits per heavy atom. The van der Waals surface area contributed by atoms with Crippen LogP contribution in [-0.2, 0) is 17.8 Å². The van der Waals surface area contributed by atoms with Crippen LogP contribution in [0.2, 0.25) is 0 Å². The Morgan fingerprint density at radius 1 is 0.969 bits per heavy atom. The van der Waals surface area contributed by atoms with Gasteiger partial charge in [0.25, 0.3) is 5.91 Å². The maximum absolute atomic E-state index is 12.8. The van der Waals surface area contributed by atoms with Gasteiger partial charge in [-0.25, -0.2) is 4.98 Å². The molecule has 1 aliphatic heterocycles. The number of carbonyl (C=O) groups excluding carboxylic acids is 2. The predicted molar refractivity (Wildman–Crippen MR) is 130 cm³/mol. The average molecular weight is 497 g/mol. The van der Waals surface area contributed by atoms with E-state index in [-0.39, 0.29) is 11.8 Å². The molecule has 32 heavy (non-hydrogen) atoms. The van der Waals surface area contributed by atoms with Crippen LogP contribution in [0.5, 0.6) is 0 Å². The molecule has 1 saturated heterocycles. The van der Waals surface area contributed by atoms with Crippen LogP contribution in [-0.4, -0.2) is 45.9 Å². The lowest BCUT2D eigenvalue weighted by atomic mass is 10.1. The van der Waals surface area contributed by atoms with Gasteiger partial charge < -0.3 is 14.8 Å². The topological polar surface area (TPSA) is 67.2 Å². The van der Waals surface area contributed by atoms with Crippen molar-refractivity contribution >= 4 is 38.8 Å². The second kappa shape index (κ2) is 10.8. The van der Waals surface area contributed by atoms with Crippen molar-refractivity contribution < 1.29 is 9.59 Å². The Balaban J connectivity index is 1.28. The Morgan fingerprint density at radius 3 is 2.50 bits per heavy atom. The fourth-order valence-corrected chi connectivity index (χ4v) is 4.45. The molecule has 3 aromatic rings. The first kappa shape index (κ1) is 22.5. The molecule has 0 aliphatic carbocycles. The Hall–Kier alpha value is -2.67. The van der Waals surface area contributed by atoms with Gasteiger partial charge in [0, 0.05) is 36.1 Å². The number of para-hydroxylation sites is 2. The number of rotatable bonds is 9. The molecule has 0 spiro atoms. The second-order valence-electron chi connectivity index (χ2n) is 8.26. The molecular formula is C25H29BrN4O2. The molecule has 168 valence electrons. The summed E-state index contributed by atoms with van der Waals surface area (Å²) >= 11 is 3.38. The number of unbranched alkanes of at least 4 members (excludes halogenated alkanes) is 2. The Bertz CT molecular complexity index is 1070. The average Bonchev–Trinajstić information content (AvgIpc) is 3.45. The largest absolute Gasteiger partial charge is 0.352 e. The smallest absolute Gasteiger partial charge is 0.251 e. The van der Waals surface area contributed by atoms with Gasteiger partial charge in [-0.2, -0.15) is 0 Å². The summed E-state index contributed by atoms with van der Waals surface area (Å²) < 4.78 is 3.05. The summed E-state index contributed by atoms with van der Waals surface area (Å²) in [7, 11) is 0. The second-order valence-corrected chi connectivity index (χ2v) is 9.18. The van der Waals surface area contributed by atoms with Crippen LogP contribution < -0.4 is 5.32 Å². The van der Waals surface area contributed by atoms with Crippen LogP contribution >= 0.6 is 15.9 Å². The van der Waals surface area contributed by atoms with E-state index < -0.39 is 0 Å². The maximum atomic E-state index is 12.8. The number of nitrogens with zero attached hydrogens (tertiary/aromatic N) is 3. The minimum Gasteiger partial charge on any atom is -0.352 e. The van der Waals surface area contributed by atoms with Crippen molar-refractivity contribution in [3.8, 4) is 0 Å². The molecule has 0 bridgehead atoms. The van der Waals surface area contributed by atoms with Crippen molar-refractivity contribution in [2.45, 2.75) is 45.1 Å². The number of nitrogens with one attached hydrogen (secondary N) is 1. The summed E-state index contributed by atoms with van der Waals surface area (Å²) in [6.07, 6.45) is 5.89. The summed E-state index contributed by atoms with van der Waals surface area (Å²) in [6.45, 7) is 2.75. The lowest BCUT2D eigenvalue weighted by molar-refractivity contribution is -0.130. The minimum absolute atomic E-state index is 0.0419. The van der Waals surface area contributed by atoms with Gasteiger partial charge >= 0.3 is 0 Å². The monoisotopic (exact) mass is 496 g/mol. The third-order valence-corrected chi connectivity index (χ3v) is 6.48. The first-order chi connectivity index (χ1) is 15.6. The molecule has 0 saturated carbocycles. The molecule has 2 heterocycles. The maximum Gasteiger partial charge on any atom is 0.251 e. The number of aromatic nitrogens is 2. The molecule has 1 aliphatic rings. The van der Waals surface area contributed by atoms with Gasteiger partial charge in [0.15, 0.2) is 0 Å². The van der Waals surface area contributed by atoms with Crippen molar-refractivity contribution in [2.75, 3.05) is 19.6 Å². The van der Waals surface area contributed by atoms with E-state index in [9.17, 15) is 9.59 Å². The molecule has 1 aromatic heterocycles. The third kappa shape index (κ3) is 5.57. The van der Waals surface area contributed by atoms with Crippen LogP contribution in [0.25, 0.3) is 11.0 Å². The van der Waals surface area contributed by atoms with Crippen molar-refractivity contribution in [3.63, 3.8) is 0 Å². The zero-order chi connectivity index (χ0) is 22.3. The van der Waals surface area contributed by atoms with Crippen molar-refractivity contribution in [1.29, 1.82) is 0 Å². The molecule has 1 N–H and O–H groups in total. The minimum atomic E-state index is -0.0419. The third-order valence-electron chi connectivity index (χ3n) is 5.95. The number of aryl methyl sites for hydroxylation is 1. The molecule has 4 rings (SSSR count). The highest BCUT2D eigenvalue weighted by atomic mass is 79.9. The highest BCUT2D eigenvalue weighted by molar-refractivity contribution is 9.10. The summed E-state index contributed by atoms with van der Waals surface area (Å²) in [4.78, 5) is 31.7. The Kier molecular flexibility index (Phi) is 7.58. The number of benzene rings is 2. The predicted octanol–water partition coefficient (Wildman–Crippen LogP) is 4.56. The number of halogens is 1. The van der Waals surface area contributed by atoms with Gasteiger partial charge in [0.1, 0.15) is 12.4 Å². The van der Waals surface area contributed by atoms with Crippen molar-refractivity contribution in [1.82, 2.24) is 19.8 Å². The summed E-state index contributed by atoms with van der Waals surface area (Å²) in [6, 6.07) is 15.4. The standard InChI is InChI=1S/C25H29BrN4O2/c26-20-13-11-19(12-14-20)25(32)27-15-5-1-2-10-23-28-21-8-3-4-9-22(21)30(23)18-24(31)29-16-6-7-17-29/h3-4,8-9,11-14H,1-2,5-7,10,15-18H2,(H,27,32). The van der Waals surface area contributed by atoms with Gasteiger partial charge in [-0.15, -0.1) is 0 Å². The van der Waals surface area contributed by atoms with E-state index in [2.05, 4.69) is 25.8 Å². The summed E-state index contributed by atoms with van der Waals surface area (Å²) in [5.41, 5.74) is 2.64.